The van der Waals surface area contributed by atoms with Crippen molar-refractivity contribution in [2.45, 2.75) is 58.0 Å². The number of nitrogens with zero attached hydrogens (tertiary/aromatic N) is 4. The van der Waals surface area contributed by atoms with Gasteiger partial charge in [-0.25, -0.2) is 0 Å². The molecule has 8 nitrogen and oxygen atoms in total. The third-order valence-corrected chi connectivity index (χ3v) is 6.41. The molecule has 0 unspecified atom stereocenters. The number of hydrogen-bond donors (Lipinski definition) is 1. The van der Waals surface area contributed by atoms with Gasteiger partial charge in [-0.15, -0.1) is 24.0 Å². The number of aliphatic imine (C=N–C) groups is 1. The summed E-state index contributed by atoms with van der Waals surface area (Å²) in [6.07, 6.45) is 8.15. The van der Waals surface area contributed by atoms with E-state index in [-0.39, 0.29) is 24.0 Å². The van der Waals surface area contributed by atoms with Gasteiger partial charge in [0.25, 0.3) is 0 Å². The van der Waals surface area contributed by atoms with Crippen LogP contribution >= 0.6 is 24.0 Å². The molecule has 0 radical (unpaired) electrons. The van der Waals surface area contributed by atoms with Crippen LogP contribution in [0.15, 0.2) is 4.99 Å². The number of hydrogen-bond acceptors (Lipinski definition) is 5. The standard InChI is InChI=1S/C23H43N5O3.HI/c1-2-24-23(25-10-7-17-31-21-8-18-30-19-9-21)28-15-13-26(14-16-28)20-22(29)27-11-5-3-4-6-12-27;/h21H,2-20H2,1H3,(H,24,25);1H. The predicted octanol–water partition coefficient (Wildman–Crippen LogP) is 2.18. The summed E-state index contributed by atoms with van der Waals surface area (Å²) in [6.45, 7) is 12.3. The first-order valence-electron chi connectivity index (χ1n) is 12.5. The second-order valence-corrected chi connectivity index (χ2v) is 8.83. The molecule has 3 aliphatic heterocycles. The minimum Gasteiger partial charge on any atom is -0.381 e. The third-order valence-electron chi connectivity index (χ3n) is 6.41. The molecule has 0 aromatic heterocycles. The van der Waals surface area contributed by atoms with Gasteiger partial charge in [-0.1, -0.05) is 12.8 Å². The summed E-state index contributed by atoms with van der Waals surface area (Å²) in [6, 6.07) is 0. The predicted molar refractivity (Wildman–Crippen MR) is 139 cm³/mol. The summed E-state index contributed by atoms with van der Waals surface area (Å²) >= 11 is 0. The maximum absolute atomic E-state index is 12.7. The van der Waals surface area contributed by atoms with Gasteiger partial charge in [0.15, 0.2) is 5.96 Å². The second-order valence-electron chi connectivity index (χ2n) is 8.83. The maximum Gasteiger partial charge on any atom is 0.236 e. The van der Waals surface area contributed by atoms with Crippen molar-refractivity contribution in [2.24, 2.45) is 4.99 Å². The number of nitrogens with one attached hydrogen (secondary N) is 1. The van der Waals surface area contributed by atoms with E-state index in [0.717, 1.165) is 110 Å². The number of likely N-dealkylation sites (tertiary alicyclic amines) is 1. The van der Waals surface area contributed by atoms with E-state index in [2.05, 4.69) is 26.9 Å². The summed E-state index contributed by atoms with van der Waals surface area (Å²) in [5.74, 6) is 1.30. The number of piperazine rings is 1. The lowest BCUT2D eigenvalue weighted by atomic mass is 10.1. The number of rotatable bonds is 8. The Morgan fingerprint density at radius 2 is 1.69 bits per heavy atom. The minimum absolute atomic E-state index is 0. The molecule has 0 aromatic rings. The highest BCUT2D eigenvalue weighted by Gasteiger charge is 2.23. The van der Waals surface area contributed by atoms with Crippen LogP contribution in [0.4, 0.5) is 0 Å². The van der Waals surface area contributed by atoms with Crippen LogP contribution in [-0.4, -0.2) is 111 Å². The van der Waals surface area contributed by atoms with Crippen molar-refractivity contribution in [3.8, 4) is 0 Å². The molecule has 9 heteroatoms. The Balaban J connectivity index is 0.00000363. The van der Waals surface area contributed by atoms with Crippen molar-refractivity contribution in [1.29, 1.82) is 0 Å². The van der Waals surface area contributed by atoms with Gasteiger partial charge in [0.2, 0.25) is 5.91 Å². The topological polar surface area (TPSA) is 69.6 Å². The zero-order valence-corrected chi connectivity index (χ0v) is 22.3. The molecule has 3 rings (SSSR count). The Morgan fingerprint density at radius 1 is 1.00 bits per heavy atom. The van der Waals surface area contributed by atoms with E-state index in [4.69, 9.17) is 14.5 Å². The fraction of sp³-hybridized carbons (Fsp3) is 0.913. The molecule has 3 saturated heterocycles. The number of halogens is 1. The first-order valence-corrected chi connectivity index (χ1v) is 12.5. The zero-order chi connectivity index (χ0) is 21.7. The van der Waals surface area contributed by atoms with Gasteiger partial charge in [0.05, 0.1) is 12.6 Å². The molecular weight excluding hydrogens is 521 g/mol. The fourth-order valence-electron chi connectivity index (χ4n) is 4.50. The van der Waals surface area contributed by atoms with E-state index in [0.29, 0.717) is 18.6 Å². The molecule has 186 valence electrons. The van der Waals surface area contributed by atoms with E-state index >= 15 is 0 Å². The van der Waals surface area contributed by atoms with Crippen LogP contribution in [0.25, 0.3) is 0 Å². The van der Waals surface area contributed by atoms with Crippen molar-refractivity contribution < 1.29 is 14.3 Å². The Bertz CT molecular complexity index is 544. The van der Waals surface area contributed by atoms with E-state index in [1.807, 2.05) is 0 Å². The molecule has 32 heavy (non-hydrogen) atoms. The van der Waals surface area contributed by atoms with E-state index in [9.17, 15) is 4.79 Å². The van der Waals surface area contributed by atoms with Gasteiger partial charge in [-0.3, -0.25) is 14.7 Å². The molecule has 0 bridgehead atoms. The smallest absolute Gasteiger partial charge is 0.236 e. The maximum atomic E-state index is 12.7. The van der Waals surface area contributed by atoms with Gasteiger partial charge in [0, 0.05) is 72.2 Å². The molecule has 3 fully saturated rings. The monoisotopic (exact) mass is 565 g/mol. The van der Waals surface area contributed by atoms with E-state index < -0.39 is 0 Å². The van der Waals surface area contributed by atoms with Crippen LogP contribution in [0.3, 0.4) is 0 Å². The van der Waals surface area contributed by atoms with Crippen LogP contribution in [-0.2, 0) is 14.3 Å². The number of carbonyl (C=O) groups excluding carboxylic acids is 1. The van der Waals surface area contributed by atoms with Gasteiger partial charge >= 0.3 is 0 Å². The average molecular weight is 566 g/mol. The van der Waals surface area contributed by atoms with Gasteiger partial charge in [-0.2, -0.15) is 0 Å². The van der Waals surface area contributed by atoms with Crippen molar-refractivity contribution in [1.82, 2.24) is 20.0 Å². The van der Waals surface area contributed by atoms with Gasteiger partial charge in [-0.05, 0) is 39.0 Å². The first kappa shape index (κ1) is 27.6. The Morgan fingerprint density at radius 3 is 2.34 bits per heavy atom. The largest absolute Gasteiger partial charge is 0.381 e. The van der Waals surface area contributed by atoms with E-state index in [1.54, 1.807) is 0 Å². The molecule has 0 aliphatic carbocycles. The molecule has 0 atom stereocenters. The summed E-state index contributed by atoms with van der Waals surface area (Å²) in [4.78, 5) is 24.2. The summed E-state index contributed by atoms with van der Waals surface area (Å²) in [7, 11) is 0. The van der Waals surface area contributed by atoms with E-state index in [1.165, 1.54) is 12.8 Å². The molecule has 3 aliphatic rings. The molecule has 1 N–H and O–H groups in total. The normalized spacial score (nSPS) is 21.7. The lowest BCUT2D eigenvalue weighted by molar-refractivity contribution is -0.132. The number of amides is 1. The molecule has 3 heterocycles. The van der Waals surface area contributed by atoms with Crippen LogP contribution < -0.4 is 5.32 Å². The van der Waals surface area contributed by atoms with Crippen molar-refractivity contribution >= 4 is 35.8 Å². The van der Waals surface area contributed by atoms with Crippen molar-refractivity contribution in [2.75, 3.05) is 78.7 Å². The van der Waals surface area contributed by atoms with Crippen LogP contribution in [0, 0.1) is 0 Å². The highest BCUT2D eigenvalue weighted by atomic mass is 127. The highest BCUT2D eigenvalue weighted by Crippen LogP contribution is 2.12. The first-order chi connectivity index (χ1) is 15.3. The molecule has 0 saturated carbocycles. The minimum atomic E-state index is 0. The number of guanidine groups is 1. The average Bonchev–Trinajstić information content (AvgIpc) is 3.09. The van der Waals surface area contributed by atoms with Crippen molar-refractivity contribution in [3.05, 3.63) is 0 Å². The Labute approximate surface area is 211 Å². The van der Waals surface area contributed by atoms with Crippen LogP contribution in [0.1, 0.15) is 51.9 Å². The van der Waals surface area contributed by atoms with Crippen LogP contribution in [0.2, 0.25) is 0 Å². The third kappa shape index (κ3) is 9.69. The molecule has 1 amide bonds. The summed E-state index contributed by atoms with van der Waals surface area (Å²) in [5.41, 5.74) is 0. The zero-order valence-electron chi connectivity index (χ0n) is 19.9. The molecule has 0 spiro atoms. The van der Waals surface area contributed by atoms with Gasteiger partial charge < -0.3 is 24.6 Å². The quantitative estimate of drug-likeness (QED) is 0.211. The summed E-state index contributed by atoms with van der Waals surface area (Å²) in [5, 5.41) is 3.43. The van der Waals surface area contributed by atoms with Gasteiger partial charge in [0.1, 0.15) is 0 Å². The Kier molecular flexibility index (Phi) is 13.8. The summed E-state index contributed by atoms with van der Waals surface area (Å²) < 4.78 is 11.3. The van der Waals surface area contributed by atoms with Crippen LogP contribution in [0.5, 0.6) is 0 Å². The number of ether oxygens (including phenoxy) is 2. The molecular formula is C23H44IN5O3. The molecule has 0 aromatic carbocycles. The SMILES string of the molecule is CCNC(=NCCCOC1CCOCC1)N1CCN(CC(=O)N2CCCCCC2)CC1.I. The number of carbonyl (C=O) groups is 1. The lowest BCUT2D eigenvalue weighted by Crippen LogP contribution is -2.54. The van der Waals surface area contributed by atoms with Crippen molar-refractivity contribution in [3.63, 3.8) is 0 Å². The second kappa shape index (κ2) is 16.1. The Hall–Kier alpha value is -0.650. The highest BCUT2D eigenvalue weighted by molar-refractivity contribution is 14.0. The lowest BCUT2D eigenvalue weighted by Gasteiger charge is -2.37. The fourth-order valence-corrected chi connectivity index (χ4v) is 4.50.